The highest BCUT2D eigenvalue weighted by Crippen LogP contribution is 2.27. The quantitative estimate of drug-likeness (QED) is 0.754. The lowest BCUT2D eigenvalue weighted by molar-refractivity contribution is 0.0696. The van der Waals surface area contributed by atoms with Gasteiger partial charge in [-0.25, -0.2) is 17.9 Å². The lowest BCUT2D eigenvalue weighted by atomic mass is 10.1. The molecule has 1 aromatic rings. The van der Waals surface area contributed by atoms with Crippen molar-refractivity contribution < 1.29 is 18.3 Å². The average molecular weight is 361 g/mol. The van der Waals surface area contributed by atoms with Crippen LogP contribution in [0.1, 0.15) is 28.8 Å². The maximum absolute atomic E-state index is 12.1. The van der Waals surface area contributed by atoms with Crippen molar-refractivity contribution in [1.82, 2.24) is 4.72 Å². The summed E-state index contributed by atoms with van der Waals surface area (Å²) in [5.74, 6) is -1.19. The number of nitrogens with zero attached hydrogens (tertiary/aromatic N) is 1. The van der Waals surface area contributed by atoms with Crippen LogP contribution < -0.4 is 4.72 Å². The van der Waals surface area contributed by atoms with E-state index in [0.29, 0.717) is 16.5 Å². The Kier molecular flexibility index (Phi) is 5.68. The van der Waals surface area contributed by atoms with Crippen LogP contribution in [0.3, 0.4) is 0 Å². The molecule has 0 radical (unpaired) electrons. The first-order chi connectivity index (χ1) is 9.29. The fourth-order valence-corrected chi connectivity index (χ4v) is 3.62. The van der Waals surface area contributed by atoms with Crippen LogP contribution in [0, 0.1) is 18.3 Å². The minimum atomic E-state index is -3.82. The molecule has 0 spiro atoms. The fourth-order valence-electron chi connectivity index (χ4n) is 1.51. The van der Waals surface area contributed by atoms with E-state index in [1.807, 2.05) is 6.07 Å². The van der Waals surface area contributed by atoms with E-state index in [9.17, 15) is 13.2 Å². The highest BCUT2D eigenvalue weighted by atomic mass is 79.9. The highest BCUT2D eigenvalue weighted by Gasteiger charge is 2.21. The van der Waals surface area contributed by atoms with Crippen molar-refractivity contribution in [2.75, 3.05) is 6.54 Å². The molecule has 0 aliphatic carbocycles. The molecule has 0 fully saturated rings. The molecule has 20 heavy (non-hydrogen) atoms. The number of carboxylic acid groups (broad SMARTS) is 1. The third-order valence-corrected chi connectivity index (χ3v) is 5.32. The molecule has 0 amide bonds. The van der Waals surface area contributed by atoms with Crippen LogP contribution in [0.2, 0.25) is 0 Å². The molecule has 1 aromatic carbocycles. The fraction of sp³-hybridized carbons (Fsp3) is 0.333. The van der Waals surface area contributed by atoms with E-state index in [4.69, 9.17) is 10.4 Å². The van der Waals surface area contributed by atoms with Crippen LogP contribution in [-0.2, 0) is 10.0 Å². The number of hydrogen-bond acceptors (Lipinski definition) is 4. The number of aryl methyl sites for hydroxylation is 1. The van der Waals surface area contributed by atoms with Crippen LogP contribution in [0.5, 0.6) is 0 Å². The van der Waals surface area contributed by atoms with E-state index >= 15 is 0 Å². The predicted molar refractivity (Wildman–Crippen MR) is 75.9 cm³/mol. The number of hydrogen-bond donors (Lipinski definition) is 2. The van der Waals surface area contributed by atoms with Crippen LogP contribution in [0.15, 0.2) is 21.5 Å². The maximum Gasteiger partial charge on any atom is 0.335 e. The topological polar surface area (TPSA) is 107 Å². The van der Waals surface area contributed by atoms with Crippen molar-refractivity contribution in [3.63, 3.8) is 0 Å². The van der Waals surface area contributed by atoms with Gasteiger partial charge in [-0.3, -0.25) is 0 Å². The van der Waals surface area contributed by atoms with Crippen molar-refractivity contribution in [2.24, 2.45) is 0 Å². The van der Waals surface area contributed by atoms with E-state index in [2.05, 4.69) is 20.7 Å². The Bertz CT molecular complexity index is 665. The van der Waals surface area contributed by atoms with Gasteiger partial charge in [-0.05, 0) is 47.0 Å². The molecule has 8 heteroatoms. The normalized spacial score (nSPS) is 11.1. The van der Waals surface area contributed by atoms with Gasteiger partial charge in [-0.1, -0.05) is 0 Å². The number of sulfonamides is 1. The summed E-state index contributed by atoms with van der Waals surface area (Å²) in [5, 5.41) is 17.4. The zero-order valence-corrected chi connectivity index (χ0v) is 13.1. The Labute approximate surface area is 125 Å². The van der Waals surface area contributed by atoms with Crippen LogP contribution in [0.25, 0.3) is 0 Å². The molecule has 0 heterocycles. The van der Waals surface area contributed by atoms with Crippen LogP contribution in [-0.4, -0.2) is 26.0 Å². The second-order valence-corrected chi connectivity index (χ2v) is 6.60. The van der Waals surface area contributed by atoms with Gasteiger partial charge in [0, 0.05) is 17.4 Å². The summed E-state index contributed by atoms with van der Waals surface area (Å²) >= 11 is 3.16. The minimum absolute atomic E-state index is 0.0944. The Hall–Kier alpha value is -1.43. The van der Waals surface area contributed by atoms with E-state index in [-0.39, 0.29) is 23.4 Å². The lowest BCUT2D eigenvalue weighted by Crippen LogP contribution is -2.25. The molecule has 0 bridgehead atoms. The molecule has 0 saturated heterocycles. The number of unbranched alkanes of at least 4 members (excludes halogenated alkanes) is 1. The van der Waals surface area contributed by atoms with E-state index in [1.54, 1.807) is 6.92 Å². The summed E-state index contributed by atoms with van der Waals surface area (Å²) in [4.78, 5) is 10.9. The Balaban J connectivity index is 3.11. The Morgan fingerprint density at radius 2 is 2.15 bits per heavy atom. The number of halogens is 1. The molecule has 6 nitrogen and oxygen atoms in total. The van der Waals surface area contributed by atoms with Crippen molar-refractivity contribution in [3.05, 3.63) is 27.7 Å². The van der Waals surface area contributed by atoms with Crippen molar-refractivity contribution in [3.8, 4) is 6.07 Å². The molecular weight excluding hydrogens is 348 g/mol. The zero-order valence-electron chi connectivity index (χ0n) is 10.7. The predicted octanol–water partition coefficient (Wildman–Crippen LogP) is 2.04. The van der Waals surface area contributed by atoms with Gasteiger partial charge >= 0.3 is 5.97 Å². The SMILES string of the molecule is Cc1cc(C(=O)O)cc(S(=O)(=O)NCCCC#N)c1Br. The summed E-state index contributed by atoms with van der Waals surface area (Å²) < 4.78 is 26.9. The van der Waals surface area contributed by atoms with Crippen molar-refractivity contribution in [1.29, 1.82) is 5.26 Å². The van der Waals surface area contributed by atoms with Crippen LogP contribution >= 0.6 is 15.9 Å². The zero-order chi connectivity index (χ0) is 15.3. The first-order valence-corrected chi connectivity index (χ1v) is 7.97. The summed E-state index contributed by atoms with van der Waals surface area (Å²) in [6, 6.07) is 4.41. The largest absolute Gasteiger partial charge is 0.478 e. The molecule has 108 valence electrons. The van der Waals surface area contributed by atoms with E-state index in [1.165, 1.54) is 6.07 Å². The molecule has 0 aromatic heterocycles. The molecule has 0 atom stereocenters. The van der Waals surface area contributed by atoms with Gasteiger partial charge in [0.2, 0.25) is 10.0 Å². The standard InChI is InChI=1S/C12H13BrN2O4S/c1-8-6-9(12(16)17)7-10(11(8)13)20(18,19)15-5-3-2-4-14/h6-7,15H,2-3,5H2,1H3,(H,16,17). The maximum atomic E-state index is 12.1. The smallest absolute Gasteiger partial charge is 0.335 e. The highest BCUT2D eigenvalue weighted by molar-refractivity contribution is 9.10. The molecule has 2 N–H and O–H groups in total. The van der Waals surface area contributed by atoms with Gasteiger partial charge in [0.15, 0.2) is 0 Å². The Morgan fingerprint density at radius 3 is 2.70 bits per heavy atom. The van der Waals surface area contributed by atoms with Crippen LogP contribution in [0.4, 0.5) is 0 Å². The number of carbonyl (C=O) groups is 1. The number of aromatic carboxylic acids is 1. The molecule has 1 rings (SSSR count). The van der Waals surface area contributed by atoms with Crippen molar-refractivity contribution >= 4 is 31.9 Å². The van der Waals surface area contributed by atoms with Gasteiger partial charge in [0.1, 0.15) is 0 Å². The minimum Gasteiger partial charge on any atom is -0.478 e. The number of nitriles is 1. The third-order valence-electron chi connectivity index (χ3n) is 2.52. The van der Waals surface area contributed by atoms with E-state index < -0.39 is 16.0 Å². The Morgan fingerprint density at radius 1 is 1.50 bits per heavy atom. The first kappa shape index (κ1) is 16.6. The summed E-state index contributed by atoms with van der Waals surface area (Å²) in [6.07, 6.45) is 0.642. The number of benzene rings is 1. The summed E-state index contributed by atoms with van der Waals surface area (Å²) in [6.45, 7) is 1.74. The molecule has 0 aliphatic rings. The van der Waals surface area contributed by atoms with Crippen molar-refractivity contribution in [2.45, 2.75) is 24.7 Å². The number of rotatable bonds is 6. The first-order valence-electron chi connectivity index (χ1n) is 5.69. The molecular formula is C12H13BrN2O4S. The molecule has 0 saturated carbocycles. The number of carboxylic acids is 1. The lowest BCUT2D eigenvalue weighted by Gasteiger charge is -2.11. The van der Waals surface area contributed by atoms with Gasteiger partial charge in [-0.15, -0.1) is 0 Å². The van der Waals surface area contributed by atoms with Gasteiger partial charge < -0.3 is 5.11 Å². The van der Waals surface area contributed by atoms with Gasteiger partial charge in [-0.2, -0.15) is 5.26 Å². The molecule has 0 unspecified atom stereocenters. The number of nitrogens with one attached hydrogen (secondary N) is 1. The third kappa shape index (κ3) is 4.03. The van der Waals surface area contributed by atoms with E-state index in [0.717, 1.165) is 6.07 Å². The van der Waals surface area contributed by atoms with Gasteiger partial charge in [0.05, 0.1) is 16.5 Å². The average Bonchev–Trinajstić information content (AvgIpc) is 2.37. The van der Waals surface area contributed by atoms with Gasteiger partial charge in [0.25, 0.3) is 0 Å². The summed E-state index contributed by atoms with van der Waals surface area (Å²) in [5.41, 5.74) is 0.422. The monoisotopic (exact) mass is 360 g/mol. The molecule has 0 aliphatic heterocycles. The second-order valence-electron chi connectivity index (χ2n) is 4.07. The summed E-state index contributed by atoms with van der Waals surface area (Å²) in [7, 11) is -3.82. The second kappa shape index (κ2) is 6.83.